The molecule has 5 nitrogen and oxygen atoms in total. The van der Waals surface area contributed by atoms with Gasteiger partial charge in [-0.05, 0) is 54.8 Å². The van der Waals surface area contributed by atoms with Gasteiger partial charge in [-0.25, -0.2) is 14.2 Å². The van der Waals surface area contributed by atoms with Gasteiger partial charge in [0, 0.05) is 38.9 Å². The SMILES string of the molecule is CC(C)OC(=O)c1cccnc1N1CCN(Cc2ccc(-c3cccc(F)c3)cc2)CC1. The second-order valence-corrected chi connectivity index (χ2v) is 8.30. The van der Waals surface area contributed by atoms with E-state index in [1.54, 1.807) is 30.5 Å². The molecule has 1 aliphatic rings. The lowest BCUT2D eigenvalue weighted by Crippen LogP contribution is -2.46. The predicted octanol–water partition coefficient (Wildman–Crippen LogP) is 4.78. The number of aromatic nitrogens is 1. The topological polar surface area (TPSA) is 45.7 Å². The Bertz CT molecular complexity index is 1060. The van der Waals surface area contributed by atoms with Crippen LogP contribution in [0.2, 0.25) is 0 Å². The molecular formula is C26H28FN3O2. The van der Waals surface area contributed by atoms with Crippen LogP contribution in [0.3, 0.4) is 0 Å². The monoisotopic (exact) mass is 433 g/mol. The van der Waals surface area contributed by atoms with Crippen LogP contribution in [0.15, 0.2) is 66.9 Å². The number of esters is 1. The van der Waals surface area contributed by atoms with Gasteiger partial charge in [0.2, 0.25) is 0 Å². The van der Waals surface area contributed by atoms with Crippen LogP contribution in [0.5, 0.6) is 0 Å². The number of rotatable bonds is 6. The summed E-state index contributed by atoms with van der Waals surface area (Å²) in [7, 11) is 0. The summed E-state index contributed by atoms with van der Waals surface area (Å²) in [5, 5.41) is 0. The van der Waals surface area contributed by atoms with Crippen LogP contribution in [0.25, 0.3) is 11.1 Å². The summed E-state index contributed by atoms with van der Waals surface area (Å²) < 4.78 is 18.9. The van der Waals surface area contributed by atoms with Gasteiger partial charge in [-0.15, -0.1) is 0 Å². The molecule has 4 rings (SSSR count). The molecule has 1 fully saturated rings. The molecule has 3 aromatic rings. The molecule has 166 valence electrons. The Morgan fingerprint density at radius 1 is 1.00 bits per heavy atom. The lowest BCUT2D eigenvalue weighted by molar-refractivity contribution is 0.0378. The number of pyridine rings is 1. The molecule has 0 aliphatic carbocycles. The summed E-state index contributed by atoms with van der Waals surface area (Å²) in [6.45, 7) is 7.87. The number of carbonyl (C=O) groups is 1. The number of halogens is 1. The summed E-state index contributed by atoms with van der Waals surface area (Å²) >= 11 is 0. The van der Waals surface area contributed by atoms with Crippen LogP contribution in [-0.2, 0) is 11.3 Å². The Balaban J connectivity index is 1.36. The van der Waals surface area contributed by atoms with Crippen molar-refractivity contribution in [3.63, 3.8) is 0 Å². The van der Waals surface area contributed by atoms with Crippen molar-refractivity contribution >= 4 is 11.8 Å². The highest BCUT2D eigenvalue weighted by atomic mass is 19.1. The third kappa shape index (κ3) is 5.32. The van der Waals surface area contributed by atoms with Gasteiger partial charge in [-0.3, -0.25) is 4.90 Å². The van der Waals surface area contributed by atoms with Gasteiger partial charge >= 0.3 is 5.97 Å². The number of piperazine rings is 1. The molecule has 1 aliphatic heterocycles. The Labute approximate surface area is 188 Å². The number of anilines is 1. The second-order valence-electron chi connectivity index (χ2n) is 8.30. The fourth-order valence-corrected chi connectivity index (χ4v) is 3.93. The number of benzene rings is 2. The van der Waals surface area contributed by atoms with E-state index in [4.69, 9.17) is 4.74 Å². The highest BCUT2D eigenvalue weighted by molar-refractivity contribution is 5.94. The van der Waals surface area contributed by atoms with Crippen LogP contribution in [0, 0.1) is 5.82 Å². The van der Waals surface area contributed by atoms with E-state index in [1.165, 1.54) is 11.6 Å². The minimum Gasteiger partial charge on any atom is -0.459 e. The quantitative estimate of drug-likeness (QED) is 0.524. The fourth-order valence-electron chi connectivity index (χ4n) is 3.93. The molecule has 0 amide bonds. The van der Waals surface area contributed by atoms with Crippen molar-refractivity contribution in [1.29, 1.82) is 0 Å². The highest BCUT2D eigenvalue weighted by Gasteiger charge is 2.23. The molecule has 6 heteroatoms. The second kappa shape index (κ2) is 9.92. The molecule has 2 heterocycles. The zero-order valence-electron chi connectivity index (χ0n) is 18.5. The molecule has 0 N–H and O–H groups in total. The van der Waals surface area contributed by atoms with Gasteiger partial charge in [0.25, 0.3) is 0 Å². The average Bonchev–Trinajstić information content (AvgIpc) is 2.80. The highest BCUT2D eigenvalue weighted by Crippen LogP contribution is 2.23. The van der Waals surface area contributed by atoms with E-state index in [-0.39, 0.29) is 17.9 Å². The van der Waals surface area contributed by atoms with Crippen molar-refractivity contribution in [1.82, 2.24) is 9.88 Å². The summed E-state index contributed by atoms with van der Waals surface area (Å²) in [5.41, 5.74) is 3.63. The fraction of sp³-hybridized carbons (Fsp3) is 0.308. The molecule has 32 heavy (non-hydrogen) atoms. The van der Waals surface area contributed by atoms with Gasteiger partial charge in [0.1, 0.15) is 17.2 Å². The first-order valence-corrected chi connectivity index (χ1v) is 11.0. The molecule has 2 aromatic carbocycles. The Kier molecular flexibility index (Phi) is 6.81. The van der Waals surface area contributed by atoms with E-state index in [1.807, 2.05) is 32.0 Å². The van der Waals surface area contributed by atoms with Gasteiger partial charge < -0.3 is 9.64 Å². The van der Waals surface area contributed by atoms with E-state index in [0.717, 1.165) is 43.9 Å². The van der Waals surface area contributed by atoms with Crippen molar-refractivity contribution in [2.45, 2.75) is 26.5 Å². The smallest absolute Gasteiger partial charge is 0.342 e. The van der Waals surface area contributed by atoms with Gasteiger partial charge in [0.05, 0.1) is 6.10 Å². The molecule has 0 spiro atoms. The van der Waals surface area contributed by atoms with Gasteiger partial charge in [-0.2, -0.15) is 0 Å². The van der Waals surface area contributed by atoms with Crippen LogP contribution in [0.1, 0.15) is 29.8 Å². The Hall–Kier alpha value is -3.25. The van der Waals surface area contributed by atoms with Gasteiger partial charge in [-0.1, -0.05) is 36.4 Å². The minimum atomic E-state index is -0.330. The number of nitrogens with zero attached hydrogens (tertiary/aromatic N) is 3. The maximum Gasteiger partial charge on any atom is 0.342 e. The summed E-state index contributed by atoms with van der Waals surface area (Å²) in [4.78, 5) is 21.5. The molecule has 1 aromatic heterocycles. The summed E-state index contributed by atoms with van der Waals surface area (Å²) in [6.07, 6.45) is 1.55. The van der Waals surface area contributed by atoms with Crippen LogP contribution < -0.4 is 4.90 Å². The minimum absolute atomic E-state index is 0.167. The van der Waals surface area contributed by atoms with Crippen molar-refractivity contribution in [2.75, 3.05) is 31.1 Å². The molecule has 0 radical (unpaired) electrons. The molecule has 0 unspecified atom stereocenters. The number of ether oxygens (including phenoxy) is 1. The van der Waals surface area contributed by atoms with Crippen molar-refractivity contribution in [3.8, 4) is 11.1 Å². The van der Waals surface area contributed by atoms with E-state index >= 15 is 0 Å². The molecular weight excluding hydrogens is 405 g/mol. The van der Waals surface area contributed by atoms with E-state index < -0.39 is 0 Å². The summed E-state index contributed by atoms with van der Waals surface area (Å²) in [5.74, 6) is 0.138. The van der Waals surface area contributed by atoms with Crippen LogP contribution >= 0.6 is 0 Å². The lowest BCUT2D eigenvalue weighted by atomic mass is 10.0. The lowest BCUT2D eigenvalue weighted by Gasteiger charge is -2.36. The third-order valence-corrected chi connectivity index (χ3v) is 5.54. The van der Waals surface area contributed by atoms with Gasteiger partial charge in [0.15, 0.2) is 0 Å². The number of carbonyl (C=O) groups excluding carboxylic acids is 1. The van der Waals surface area contributed by atoms with Crippen molar-refractivity contribution < 1.29 is 13.9 Å². The van der Waals surface area contributed by atoms with Crippen LogP contribution in [0.4, 0.5) is 10.2 Å². The maximum absolute atomic E-state index is 13.5. The molecule has 0 saturated carbocycles. The van der Waals surface area contributed by atoms with E-state index in [2.05, 4.69) is 26.9 Å². The third-order valence-electron chi connectivity index (χ3n) is 5.54. The van der Waals surface area contributed by atoms with Crippen molar-refractivity contribution in [3.05, 3.63) is 83.8 Å². The summed E-state index contributed by atoms with van der Waals surface area (Å²) in [6, 6.07) is 18.5. The number of hydrogen-bond acceptors (Lipinski definition) is 5. The first-order chi connectivity index (χ1) is 15.5. The largest absolute Gasteiger partial charge is 0.459 e. The van der Waals surface area contributed by atoms with E-state index in [9.17, 15) is 9.18 Å². The average molecular weight is 434 g/mol. The van der Waals surface area contributed by atoms with E-state index in [0.29, 0.717) is 11.4 Å². The molecule has 0 bridgehead atoms. The Morgan fingerprint density at radius 2 is 1.75 bits per heavy atom. The Morgan fingerprint density at radius 3 is 2.44 bits per heavy atom. The first kappa shape index (κ1) is 22.0. The predicted molar refractivity (Wildman–Crippen MR) is 124 cm³/mol. The van der Waals surface area contributed by atoms with Crippen molar-refractivity contribution in [2.24, 2.45) is 0 Å². The first-order valence-electron chi connectivity index (χ1n) is 11.0. The van der Waals surface area contributed by atoms with Crippen LogP contribution in [-0.4, -0.2) is 48.1 Å². The molecule has 1 saturated heterocycles. The maximum atomic E-state index is 13.5. The standard InChI is InChI=1S/C26H28FN3O2/c1-19(2)32-26(31)24-7-4-12-28-25(24)30-15-13-29(14-16-30)18-20-8-10-21(11-9-20)22-5-3-6-23(27)17-22/h3-12,17,19H,13-16,18H2,1-2H3. The zero-order valence-corrected chi connectivity index (χ0v) is 18.5. The zero-order chi connectivity index (χ0) is 22.5. The normalized spacial score (nSPS) is 14.6. The number of hydrogen-bond donors (Lipinski definition) is 0. The molecule has 0 atom stereocenters.